The highest BCUT2D eigenvalue weighted by atomic mass is 79.9. The summed E-state index contributed by atoms with van der Waals surface area (Å²) in [6.07, 6.45) is 7.02. The average Bonchev–Trinajstić information content (AvgIpc) is 2.43. The largest absolute Gasteiger partial charge is 0.309 e. The molecule has 3 heteroatoms. The Morgan fingerprint density at radius 3 is 2.95 bits per heavy atom. The zero-order valence-electron chi connectivity index (χ0n) is 11.0. The molecule has 0 bridgehead atoms. The first kappa shape index (κ1) is 14.0. The molecule has 0 aliphatic rings. The number of terminal acetylenes is 1. The summed E-state index contributed by atoms with van der Waals surface area (Å²) in [6, 6.07) is 10.5. The Morgan fingerprint density at radius 1 is 1.42 bits per heavy atom. The van der Waals surface area contributed by atoms with Crippen LogP contribution in [0.15, 0.2) is 34.8 Å². The van der Waals surface area contributed by atoms with Crippen molar-refractivity contribution >= 4 is 26.8 Å². The van der Waals surface area contributed by atoms with Crippen molar-refractivity contribution in [3.05, 3.63) is 40.5 Å². The number of nitrogens with zero attached hydrogens (tertiary/aromatic N) is 1. The van der Waals surface area contributed by atoms with Gasteiger partial charge in [0.15, 0.2) is 0 Å². The second-order valence-electron chi connectivity index (χ2n) is 4.40. The highest BCUT2D eigenvalue weighted by molar-refractivity contribution is 9.10. The van der Waals surface area contributed by atoms with Gasteiger partial charge in [0.05, 0.1) is 17.3 Å². The summed E-state index contributed by atoms with van der Waals surface area (Å²) in [5, 5.41) is 4.60. The molecule has 0 spiro atoms. The highest BCUT2D eigenvalue weighted by Gasteiger charge is 2.15. The van der Waals surface area contributed by atoms with Crippen molar-refractivity contribution in [3.8, 4) is 12.3 Å². The van der Waals surface area contributed by atoms with E-state index in [0.717, 1.165) is 40.5 Å². The zero-order valence-corrected chi connectivity index (χ0v) is 12.6. The lowest BCUT2D eigenvalue weighted by molar-refractivity contribution is 0.510. The molecule has 0 amide bonds. The summed E-state index contributed by atoms with van der Waals surface area (Å²) in [7, 11) is 0. The number of benzene rings is 1. The molecule has 0 radical (unpaired) electrons. The first-order valence-electron chi connectivity index (χ1n) is 6.48. The molecule has 1 atom stereocenters. The Bertz CT molecular complexity index is 601. The van der Waals surface area contributed by atoms with E-state index in [9.17, 15) is 0 Å². The quantitative estimate of drug-likeness (QED) is 0.841. The predicted molar refractivity (Wildman–Crippen MR) is 83.9 cm³/mol. The maximum atomic E-state index is 5.37. The molecule has 0 saturated heterocycles. The fourth-order valence-corrected chi connectivity index (χ4v) is 2.77. The third kappa shape index (κ3) is 3.34. The van der Waals surface area contributed by atoms with Crippen LogP contribution in [0.2, 0.25) is 0 Å². The molecule has 0 aliphatic carbocycles. The summed E-state index contributed by atoms with van der Waals surface area (Å²) < 4.78 is 1.04. The van der Waals surface area contributed by atoms with Gasteiger partial charge in [-0.2, -0.15) is 0 Å². The van der Waals surface area contributed by atoms with Crippen LogP contribution in [0.3, 0.4) is 0 Å². The summed E-state index contributed by atoms with van der Waals surface area (Å²) >= 11 is 3.63. The molecule has 2 aromatic rings. The van der Waals surface area contributed by atoms with Gasteiger partial charge in [-0.25, -0.2) is 4.98 Å². The van der Waals surface area contributed by atoms with Gasteiger partial charge in [0, 0.05) is 16.3 Å². The lowest BCUT2D eigenvalue weighted by Gasteiger charge is -2.18. The third-order valence-electron chi connectivity index (χ3n) is 3.06. The van der Waals surface area contributed by atoms with Gasteiger partial charge in [-0.05, 0) is 41.0 Å². The Kier molecular flexibility index (Phi) is 4.95. The van der Waals surface area contributed by atoms with Gasteiger partial charge in [0.1, 0.15) is 0 Å². The van der Waals surface area contributed by atoms with E-state index >= 15 is 0 Å². The summed E-state index contributed by atoms with van der Waals surface area (Å²) in [5.41, 5.74) is 2.06. The van der Waals surface area contributed by atoms with E-state index in [1.54, 1.807) is 0 Å². The third-order valence-corrected chi connectivity index (χ3v) is 3.70. The summed E-state index contributed by atoms with van der Waals surface area (Å²) in [4.78, 5) is 4.77. The number of hydrogen-bond acceptors (Lipinski definition) is 2. The van der Waals surface area contributed by atoms with Crippen LogP contribution in [-0.4, -0.2) is 11.5 Å². The predicted octanol–water partition coefficient (Wildman–Crippen LogP) is 4.06. The monoisotopic (exact) mass is 316 g/mol. The molecule has 1 unspecified atom stereocenters. The summed E-state index contributed by atoms with van der Waals surface area (Å²) in [6.45, 7) is 2.99. The second kappa shape index (κ2) is 6.70. The maximum Gasteiger partial charge on any atom is 0.0722 e. The van der Waals surface area contributed by atoms with Crippen molar-refractivity contribution in [2.75, 3.05) is 6.54 Å². The number of aromatic nitrogens is 1. The van der Waals surface area contributed by atoms with Crippen LogP contribution >= 0.6 is 15.9 Å². The highest BCUT2D eigenvalue weighted by Crippen LogP contribution is 2.28. The number of rotatable bonds is 5. The molecule has 0 aliphatic heterocycles. The summed E-state index contributed by atoms with van der Waals surface area (Å²) in [5.74, 6) is 2.70. The first-order valence-corrected chi connectivity index (χ1v) is 7.27. The van der Waals surface area contributed by atoms with Gasteiger partial charge in [0.2, 0.25) is 0 Å². The van der Waals surface area contributed by atoms with E-state index in [2.05, 4.69) is 46.2 Å². The number of para-hydroxylation sites is 1. The van der Waals surface area contributed by atoms with Crippen molar-refractivity contribution in [1.82, 2.24) is 10.3 Å². The van der Waals surface area contributed by atoms with Crippen LogP contribution in [0.5, 0.6) is 0 Å². The molecule has 0 fully saturated rings. The van der Waals surface area contributed by atoms with E-state index in [1.807, 2.05) is 18.2 Å². The first-order chi connectivity index (χ1) is 9.26. The van der Waals surface area contributed by atoms with Crippen LogP contribution in [0.1, 0.15) is 31.5 Å². The van der Waals surface area contributed by atoms with Gasteiger partial charge in [-0.3, -0.25) is 0 Å². The lowest BCUT2D eigenvalue weighted by atomic mass is 10.1. The van der Waals surface area contributed by atoms with Crippen LogP contribution in [-0.2, 0) is 0 Å². The van der Waals surface area contributed by atoms with Gasteiger partial charge in [-0.1, -0.05) is 25.1 Å². The van der Waals surface area contributed by atoms with Crippen LogP contribution in [0.4, 0.5) is 0 Å². The molecular weight excluding hydrogens is 300 g/mol. The Morgan fingerprint density at radius 2 is 2.21 bits per heavy atom. The molecule has 2 rings (SSSR count). The number of nitrogens with one attached hydrogen (secondary N) is 1. The SMILES string of the molecule is C#CCCC(NCC)c1nc2ccccc2cc1Br. The van der Waals surface area contributed by atoms with E-state index < -0.39 is 0 Å². The normalized spacial score (nSPS) is 12.3. The van der Waals surface area contributed by atoms with Crippen LogP contribution < -0.4 is 5.32 Å². The molecule has 1 aromatic heterocycles. The number of pyridine rings is 1. The van der Waals surface area contributed by atoms with Crippen molar-refractivity contribution < 1.29 is 0 Å². The maximum absolute atomic E-state index is 5.37. The van der Waals surface area contributed by atoms with Gasteiger partial charge in [0.25, 0.3) is 0 Å². The molecule has 0 saturated carbocycles. The van der Waals surface area contributed by atoms with E-state index in [0.29, 0.717) is 0 Å². The molecule has 1 N–H and O–H groups in total. The van der Waals surface area contributed by atoms with Gasteiger partial charge >= 0.3 is 0 Å². The van der Waals surface area contributed by atoms with Crippen molar-refractivity contribution in [3.63, 3.8) is 0 Å². The Hall–Kier alpha value is -1.37. The molecule has 1 aromatic carbocycles. The molecule has 98 valence electrons. The second-order valence-corrected chi connectivity index (χ2v) is 5.26. The number of halogens is 1. The van der Waals surface area contributed by atoms with Crippen molar-refractivity contribution in [2.24, 2.45) is 0 Å². The van der Waals surface area contributed by atoms with Gasteiger partial charge in [-0.15, -0.1) is 12.3 Å². The minimum Gasteiger partial charge on any atom is -0.309 e. The van der Waals surface area contributed by atoms with Crippen molar-refractivity contribution in [1.29, 1.82) is 0 Å². The average molecular weight is 317 g/mol. The molecule has 19 heavy (non-hydrogen) atoms. The molecule has 2 nitrogen and oxygen atoms in total. The topological polar surface area (TPSA) is 24.9 Å². The number of fused-ring (bicyclic) bond motifs is 1. The Balaban J connectivity index is 2.40. The van der Waals surface area contributed by atoms with E-state index in [4.69, 9.17) is 11.4 Å². The van der Waals surface area contributed by atoms with Gasteiger partial charge < -0.3 is 5.32 Å². The lowest BCUT2D eigenvalue weighted by Crippen LogP contribution is -2.22. The fraction of sp³-hybridized carbons (Fsp3) is 0.312. The molecular formula is C16H17BrN2. The van der Waals surface area contributed by atoms with Crippen LogP contribution in [0.25, 0.3) is 10.9 Å². The number of hydrogen-bond donors (Lipinski definition) is 1. The van der Waals surface area contributed by atoms with Crippen LogP contribution in [0, 0.1) is 12.3 Å². The van der Waals surface area contributed by atoms with Crippen molar-refractivity contribution in [2.45, 2.75) is 25.8 Å². The smallest absolute Gasteiger partial charge is 0.0722 e. The standard InChI is InChI=1S/C16H17BrN2/c1-3-5-9-15(18-4-2)16-13(17)11-12-8-6-7-10-14(12)19-16/h1,6-8,10-11,15,18H,4-5,9H2,2H3. The van der Waals surface area contributed by atoms with E-state index in [-0.39, 0.29) is 6.04 Å². The zero-order chi connectivity index (χ0) is 13.7. The minimum absolute atomic E-state index is 0.194. The van der Waals surface area contributed by atoms with E-state index in [1.165, 1.54) is 0 Å². The minimum atomic E-state index is 0.194. The fourth-order valence-electron chi connectivity index (χ4n) is 2.16. The Labute approximate surface area is 122 Å². The molecule has 1 heterocycles.